The standard InChI is InChI=1S/C21H22O3/c1-4-24-20(23)21(15(3)22)12-18-11-17(10-14(2)19(18)13-21)16-8-6-5-7-9-16/h5-11H,4,12-13H2,1-3H3. The number of Topliss-reactive ketones (excluding diaryl/α,β-unsaturated/α-hetero) is 1. The minimum atomic E-state index is -1.06. The molecule has 1 aliphatic carbocycles. The largest absolute Gasteiger partial charge is 0.465 e. The summed E-state index contributed by atoms with van der Waals surface area (Å²) in [6.07, 6.45) is 0.870. The number of carbonyl (C=O) groups is 2. The fourth-order valence-electron chi connectivity index (χ4n) is 3.59. The highest BCUT2D eigenvalue weighted by Crippen LogP contribution is 2.42. The Morgan fingerprint density at radius 1 is 1.08 bits per heavy atom. The smallest absolute Gasteiger partial charge is 0.320 e. The molecule has 1 unspecified atom stereocenters. The summed E-state index contributed by atoms with van der Waals surface area (Å²) in [7, 11) is 0. The normalized spacial score (nSPS) is 19.0. The third kappa shape index (κ3) is 2.64. The highest BCUT2D eigenvalue weighted by Gasteiger charge is 2.49. The molecule has 124 valence electrons. The van der Waals surface area contributed by atoms with E-state index in [9.17, 15) is 9.59 Å². The molecular formula is C21H22O3. The van der Waals surface area contributed by atoms with Crippen LogP contribution in [0.15, 0.2) is 42.5 Å². The Kier molecular flexibility index (Phi) is 4.27. The third-order valence-electron chi connectivity index (χ3n) is 4.98. The third-order valence-corrected chi connectivity index (χ3v) is 4.98. The minimum Gasteiger partial charge on any atom is -0.465 e. The molecule has 24 heavy (non-hydrogen) atoms. The fourth-order valence-corrected chi connectivity index (χ4v) is 3.59. The molecule has 0 radical (unpaired) electrons. The van der Waals surface area contributed by atoms with Crippen LogP contribution < -0.4 is 0 Å². The molecule has 0 N–H and O–H groups in total. The lowest BCUT2D eigenvalue weighted by atomic mass is 9.81. The van der Waals surface area contributed by atoms with Crippen LogP contribution in [0.3, 0.4) is 0 Å². The number of hydrogen-bond acceptors (Lipinski definition) is 3. The maximum atomic E-state index is 12.5. The first-order chi connectivity index (χ1) is 11.5. The van der Waals surface area contributed by atoms with Gasteiger partial charge in [-0.15, -0.1) is 0 Å². The van der Waals surface area contributed by atoms with Gasteiger partial charge in [-0.05, 0) is 61.4 Å². The molecule has 0 aliphatic heterocycles. The van der Waals surface area contributed by atoms with Gasteiger partial charge in [0.25, 0.3) is 0 Å². The van der Waals surface area contributed by atoms with Crippen molar-refractivity contribution in [1.82, 2.24) is 0 Å². The lowest BCUT2D eigenvalue weighted by Crippen LogP contribution is -2.40. The van der Waals surface area contributed by atoms with Gasteiger partial charge in [0.05, 0.1) is 6.61 Å². The molecule has 0 bridgehead atoms. The molecule has 3 nitrogen and oxygen atoms in total. The van der Waals surface area contributed by atoms with Crippen molar-refractivity contribution in [3.8, 4) is 11.1 Å². The zero-order chi connectivity index (χ0) is 17.3. The van der Waals surface area contributed by atoms with E-state index in [1.165, 1.54) is 6.92 Å². The number of benzene rings is 2. The molecule has 0 saturated carbocycles. The number of rotatable bonds is 4. The zero-order valence-corrected chi connectivity index (χ0v) is 14.4. The zero-order valence-electron chi connectivity index (χ0n) is 14.4. The molecule has 0 heterocycles. The summed E-state index contributed by atoms with van der Waals surface area (Å²) >= 11 is 0. The summed E-state index contributed by atoms with van der Waals surface area (Å²) in [5.74, 6) is -0.507. The van der Waals surface area contributed by atoms with Gasteiger partial charge < -0.3 is 4.74 Å². The molecule has 0 amide bonds. The lowest BCUT2D eigenvalue weighted by Gasteiger charge is -2.23. The predicted molar refractivity (Wildman–Crippen MR) is 93.8 cm³/mol. The topological polar surface area (TPSA) is 43.4 Å². The Labute approximate surface area is 142 Å². The van der Waals surface area contributed by atoms with Crippen molar-refractivity contribution < 1.29 is 14.3 Å². The van der Waals surface area contributed by atoms with Crippen molar-refractivity contribution in [2.24, 2.45) is 5.41 Å². The van der Waals surface area contributed by atoms with Gasteiger partial charge in [-0.1, -0.05) is 42.5 Å². The quantitative estimate of drug-likeness (QED) is 0.633. The first kappa shape index (κ1) is 16.4. The van der Waals surface area contributed by atoms with E-state index in [1.54, 1.807) is 6.92 Å². The van der Waals surface area contributed by atoms with Crippen molar-refractivity contribution in [3.05, 3.63) is 59.2 Å². The van der Waals surface area contributed by atoms with Crippen molar-refractivity contribution >= 4 is 11.8 Å². The molecule has 0 aromatic heterocycles. The maximum Gasteiger partial charge on any atom is 0.320 e. The van der Waals surface area contributed by atoms with Gasteiger partial charge in [-0.2, -0.15) is 0 Å². The van der Waals surface area contributed by atoms with Crippen LogP contribution in [0.5, 0.6) is 0 Å². The Balaban J connectivity index is 2.04. The number of hydrogen-bond donors (Lipinski definition) is 0. The molecule has 2 aromatic carbocycles. The van der Waals surface area contributed by atoms with Crippen molar-refractivity contribution in [1.29, 1.82) is 0 Å². The van der Waals surface area contributed by atoms with Crippen LogP contribution in [0.4, 0.5) is 0 Å². The average Bonchev–Trinajstić information content (AvgIpc) is 2.97. The molecule has 0 spiro atoms. The molecule has 3 rings (SSSR count). The Bertz CT molecular complexity index is 792. The average molecular weight is 322 g/mol. The van der Waals surface area contributed by atoms with Crippen molar-refractivity contribution in [2.45, 2.75) is 33.6 Å². The molecule has 1 aliphatic rings. The van der Waals surface area contributed by atoms with E-state index in [-0.39, 0.29) is 5.78 Å². The molecule has 1 atom stereocenters. The number of fused-ring (bicyclic) bond motifs is 1. The van der Waals surface area contributed by atoms with Gasteiger partial charge in [0.15, 0.2) is 0 Å². The van der Waals surface area contributed by atoms with Gasteiger partial charge in [0.1, 0.15) is 11.2 Å². The molecule has 3 heteroatoms. The van der Waals surface area contributed by atoms with E-state index in [1.807, 2.05) is 25.1 Å². The number of aryl methyl sites for hydroxylation is 1. The number of ketones is 1. The van der Waals surface area contributed by atoms with Gasteiger partial charge in [-0.3, -0.25) is 9.59 Å². The molecular weight excluding hydrogens is 300 g/mol. The van der Waals surface area contributed by atoms with Crippen molar-refractivity contribution in [2.75, 3.05) is 6.61 Å². The first-order valence-electron chi connectivity index (χ1n) is 8.34. The summed E-state index contributed by atoms with van der Waals surface area (Å²) < 4.78 is 5.22. The summed E-state index contributed by atoms with van der Waals surface area (Å²) in [5.41, 5.74) is 4.52. The highest BCUT2D eigenvalue weighted by molar-refractivity contribution is 6.04. The van der Waals surface area contributed by atoms with E-state index in [0.29, 0.717) is 19.4 Å². The number of ether oxygens (including phenoxy) is 1. The number of esters is 1. The second kappa shape index (κ2) is 6.23. The Morgan fingerprint density at radius 2 is 1.79 bits per heavy atom. The minimum absolute atomic E-state index is 0.113. The van der Waals surface area contributed by atoms with Gasteiger partial charge in [0.2, 0.25) is 0 Å². The van der Waals surface area contributed by atoms with Gasteiger partial charge >= 0.3 is 5.97 Å². The van der Waals surface area contributed by atoms with E-state index >= 15 is 0 Å². The van der Waals surface area contributed by atoms with E-state index < -0.39 is 11.4 Å². The van der Waals surface area contributed by atoms with Crippen LogP contribution in [0.2, 0.25) is 0 Å². The van der Waals surface area contributed by atoms with E-state index in [2.05, 4.69) is 24.3 Å². The van der Waals surface area contributed by atoms with E-state index in [4.69, 9.17) is 4.74 Å². The predicted octanol–water partition coefficient (Wildman–Crippen LogP) is 3.90. The fraction of sp³-hybridized carbons (Fsp3) is 0.333. The van der Waals surface area contributed by atoms with Gasteiger partial charge in [0, 0.05) is 0 Å². The second-order valence-corrected chi connectivity index (χ2v) is 6.51. The van der Waals surface area contributed by atoms with Crippen molar-refractivity contribution in [3.63, 3.8) is 0 Å². The van der Waals surface area contributed by atoms with Crippen LogP contribution in [-0.4, -0.2) is 18.4 Å². The SMILES string of the molecule is CCOC(=O)C1(C(C)=O)Cc2cc(-c3ccccc3)cc(C)c2C1. The maximum absolute atomic E-state index is 12.5. The monoisotopic (exact) mass is 322 g/mol. The van der Waals surface area contributed by atoms with Crippen LogP contribution in [0, 0.1) is 12.3 Å². The van der Waals surface area contributed by atoms with Gasteiger partial charge in [-0.25, -0.2) is 0 Å². The van der Waals surface area contributed by atoms with Crippen LogP contribution in [0.25, 0.3) is 11.1 Å². The molecule has 0 fully saturated rings. The summed E-state index contributed by atoms with van der Waals surface area (Å²) in [4.78, 5) is 24.8. The molecule has 0 saturated heterocycles. The summed E-state index contributed by atoms with van der Waals surface area (Å²) in [5, 5.41) is 0. The highest BCUT2D eigenvalue weighted by atomic mass is 16.5. The second-order valence-electron chi connectivity index (χ2n) is 6.51. The lowest BCUT2D eigenvalue weighted by molar-refractivity contribution is -0.159. The molecule has 2 aromatic rings. The Hall–Kier alpha value is -2.42. The Morgan fingerprint density at radius 3 is 2.42 bits per heavy atom. The summed E-state index contributed by atoms with van der Waals surface area (Å²) in [6.45, 7) is 5.61. The van der Waals surface area contributed by atoms with Crippen LogP contribution in [0.1, 0.15) is 30.5 Å². The summed E-state index contributed by atoms with van der Waals surface area (Å²) in [6, 6.07) is 14.4. The first-order valence-corrected chi connectivity index (χ1v) is 8.34. The van der Waals surface area contributed by atoms with E-state index in [0.717, 1.165) is 27.8 Å². The number of carbonyl (C=O) groups excluding carboxylic acids is 2. The van der Waals surface area contributed by atoms with Crippen LogP contribution >= 0.6 is 0 Å². The van der Waals surface area contributed by atoms with Crippen LogP contribution in [-0.2, 0) is 27.2 Å².